The normalized spacial score (nSPS) is 47.1. The van der Waals surface area contributed by atoms with E-state index in [9.17, 15) is 5.11 Å². The molecule has 1 heterocycles. The summed E-state index contributed by atoms with van der Waals surface area (Å²) in [5.74, 6) is 1.66. The standard InChI is InChI=1S/C8H15NO/c10-8-2-1-6-4-9-5-7(6)3-8/h6-10H,1-5H2/t6-,7+,8-/m1/s1. The average molecular weight is 141 g/mol. The van der Waals surface area contributed by atoms with Gasteiger partial charge in [-0.15, -0.1) is 0 Å². The Morgan fingerprint density at radius 1 is 1.10 bits per heavy atom. The minimum atomic E-state index is 0.00106. The fourth-order valence-electron chi connectivity index (χ4n) is 2.27. The highest BCUT2D eigenvalue weighted by molar-refractivity contribution is 4.87. The molecule has 3 atom stereocenters. The summed E-state index contributed by atoms with van der Waals surface area (Å²) >= 11 is 0. The Labute approximate surface area is 61.6 Å². The molecule has 2 heteroatoms. The highest BCUT2D eigenvalue weighted by Gasteiger charge is 2.32. The predicted molar refractivity (Wildman–Crippen MR) is 39.7 cm³/mol. The van der Waals surface area contributed by atoms with E-state index >= 15 is 0 Å². The van der Waals surface area contributed by atoms with Crippen LogP contribution in [0.1, 0.15) is 19.3 Å². The summed E-state index contributed by atoms with van der Waals surface area (Å²) in [4.78, 5) is 0. The summed E-state index contributed by atoms with van der Waals surface area (Å²) < 4.78 is 0. The van der Waals surface area contributed by atoms with E-state index in [1.807, 2.05) is 0 Å². The highest BCUT2D eigenvalue weighted by Crippen LogP contribution is 2.32. The van der Waals surface area contributed by atoms with Crippen LogP contribution in [0.5, 0.6) is 0 Å². The second kappa shape index (κ2) is 2.51. The monoisotopic (exact) mass is 141 g/mol. The van der Waals surface area contributed by atoms with Crippen LogP contribution in [0.4, 0.5) is 0 Å². The smallest absolute Gasteiger partial charge is 0.0543 e. The van der Waals surface area contributed by atoms with E-state index in [1.165, 1.54) is 13.0 Å². The number of rotatable bonds is 0. The maximum Gasteiger partial charge on any atom is 0.0543 e. The summed E-state index contributed by atoms with van der Waals surface area (Å²) in [6.07, 6.45) is 3.31. The molecule has 10 heavy (non-hydrogen) atoms. The van der Waals surface area contributed by atoms with Crippen LogP contribution in [0.3, 0.4) is 0 Å². The van der Waals surface area contributed by atoms with Crippen molar-refractivity contribution in [2.24, 2.45) is 11.8 Å². The largest absolute Gasteiger partial charge is 0.393 e. The maximum absolute atomic E-state index is 9.33. The Hall–Kier alpha value is -0.0800. The molecule has 0 aromatic rings. The SMILES string of the molecule is O[C@@H]1CC[C@@H]2CNC[C@@H]2C1. The molecule has 0 aromatic heterocycles. The summed E-state index contributed by atoms with van der Waals surface area (Å²) in [5, 5.41) is 12.7. The third-order valence-electron chi connectivity index (χ3n) is 2.93. The number of nitrogens with one attached hydrogen (secondary N) is 1. The van der Waals surface area contributed by atoms with Crippen LogP contribution in [0.15, 0.2) is 0 Å². The van der Waals surface area contributed by atoms with Crippen LogP contribution >= 0.6 is 0 Å². The van der Waals surface area contributed by atoms with Gasteiger partial charge in [0.05, 0.1) is 6.10 Å². The lowest BCUT2D eigenvalue weighted by Gasteiger charge is -2.27. The molecule has 0 aromatic carbocycles. The second-order valence-corrected chi connectivity index (χ2v) is 3.65. The van der Waals surface area contributed by atoms with Gasteiger partial charge in [-0.3, -0.25) is 0 Å². The van der Waals surface area contributed by atoms with Crippen molar-refractivity contribution in [3.63, 3.8) is 0 Å². The van der Waals surface area contributed by atoms with Crippen LogP contribution in [0.2, 0.25) is 0 Å². The number of fused-ring (bicyclic) bond motifs is 1. The first kappa shape index (κ1) is 6.62. The van der Waals surface area contributed by atoms with Gasteiger partial charge >= 0.3 is 0 Å². The molecule has 2 aliphatic rings. The third-order valence-corrected chi connectivity index (χ3v) is 2.93. The predicted octanol–water partition coefficient (Wildman–Crippen LogP) is 0.367. The quantitative estimate of drug-likeness (QED) is 0.510. The maximum atomic E-state index is 9.33. The molecule has 0 bridgehead atoms. The molecule has 0 spiro atoms. The van der Waals surface area contributed by atoms with E-state index in [2.05, 4.69) is 5.32 Å². The Morgan fingerprint density at radius 3 is 2.80 bits per heavy atom. The zero-order chi connectivity index (χ0) is 6.97. The lowest BCUT2D eigenvalue weighted by atomic mass is 9.80. The molecule has 2 rings (SSSR count). The molecule has 1 aliphatic carbocycles. The highest BCUT2D eigenvalue weighted by atomic mass is 16.3. The summed E-state index contributed by atoms with van der Waals surface area (Å²) in [6, 6.07) is 0. The van der Waals surface area contributed by atoms with Gasteiger partial charge in [0.15, 0.2) is 0 Å². The first-order valence-corrected chi connectivity index (χ1v) is 4.25. The molecule has 1 aliphatic heterocycles. The lowest BCUT2D eigenvalue weighted by molar-refractivity contribution is 0.0867. The zero-order valence-electron chi connectivity index (χ0n) is 6.21. The van der Waals surface area contributed by atoms with Crippen LogP contribution in [0, 0.1) is 11.8 Å². The van der Waals surface area contributed by atoms with Gasteiger partial charge in [0.1, 0.15) is 0 Å². The molecular formula is C8H15NO. The molecule has 2 fully saturated rings. The second-order valence-electron chi connectivity index (χ2n) is 3.65. The summed E-state index contributed by atoms with van der Waals surface area (Å²) in [6.45, 7) is 2.33. The van der Waals surface area contributed by atoms with Crippen molar-refractivity contribution in [1.29, 1.82) is 0 Å². The third kappa shape index (κ3) is 1.06. The van der Waals surface area contributed by atoms with Crippen LogP contribution in [0.25, 0.3) is 0 Å². The van der Waals surface area contributed by atoms with E-state index in [4.69, 9.17) is 0 Å². The molecule has 2 N–H and O–H groups in total. The van der Waals surface area contributed by atoms with Crippen LogP contribution in [-0.4, -0.2) is 24.3 Å². The van der Waals surface area contributed by atoms with Crippen molar-refractivity contribution in [2.45, 2.75) is 25.4 Å². The van der Waals surface area contributed by atoms with Gasteiger partial charge in [0.25, 0.3) is 0 Å². The zero-order valence-corrected chi connectivity index (χ0v) is 6.21. The number of hydrogen-bond acceptors (Lipinski definition) is 2. The van der Waals surface area contributed by atoms with Crippen molar-refractivity contribution in [3.05, 3.63) is 0 Å². The van der Waals surface area contributed by atoms with Gasteiger partial charge in [-0.05, 0) is 44.2 Å². The van der Waals surface area contributed by atoms with Crippen LogP contribution in [-0.2, 0) is 0 Å². The molecule has 2 nitrogen and oxygen atoms in total. The molecule has 1 saturated carbocycles. The van der Waals surface area contributed by atoms with Gasteiger partial charge < -0.3 is 10.4 Å². The first-order chi connectivity index (χ1) is 4.86. The van der Waals surface area contributed by atoms with E-state index < -0.39 is 0 Å². The van der Waals surface area contributed by atoms with E-state index in [0.29, 0.717) is 0 Å². The Bertz CT molecular complexity index is 126. The molecule has 58 valence electrons. The topological polar surface area (TPSA) is 32.3 Å². The van der Waals surface area contributed by atoms with Crippen molar-refractivity contribution in [2.75, 3.05) is 13.1 Å². The summed E-state index contributed by atoms with van der Waals surface area (Å²) in [5.41, 5.74) is 0. The number of aliphatic hydroxyl groups is 1. The van der Waals surface area contributed by atoms with E-state index in [1.54, 1.807) is 0 Å². The molecule has 1 saturated heterocycles. The van der Waals surface area contributed by atoms with Crippen molar-refractivity contribution >= 4 is 0 Å². The molecule has 0 amide bonds. The van der Waals surface area contributed by atoms with Gasteiger partial charge in [0, 0.05) is 0 Å². The van der Waals surface area contributed by atoms with E-state index in [0.717, 1.165) is 31.2 Å². The Morgan fingerprint density at radius 2 is 1.90 bits per heavy atom. The minimum absolute atomic E-state index is 0.00106. The average Bonchev–Trinajstić information content (AvgIpc) is 2.33. The summed E-state index contributed by atoms with van der Waals surface area (Å²) in [7, 11) is 0. The van der Waals surface area contributed by atoms with Crippen molar-refractivity contribution in [3.8, 4) is 0 Å². The van der Waals surface area contributed by atoms with Gasteiger partial charge in [-0.1, -0.05) is 0 Å². The number of hydrogen-bond donors (Lipinski definition) is 2. The van der Waals surface area contributed by atoms with E-state index in [-0.39, 0.29) is 6.10 Å². The minimum Gasteiger partial charge on any atom is -0.393 e. The van der Waals surface area contributed by atoms with Gasteiger partial charge in [-0.25, -0.2) is 0 Å². The lowest BCUT2D eigenvalue weighted by Crippen LogP contribution is -2.26. The fourth-order valence-corrected chi connectivity index (χ4v) is 2.27. The first-order valence-electron chi connectivity index (χ1n) is 4.25. The molecule has 0 radical (unpaired) electrons. The fraction of sp³-hybridized carbons (Fsp3) is 1.00. The van der Waals surface area contributed by atoms with Gasteiger partial charge in [-0.2, -0.15) is 0 Å². The van der Waals surface area contributed by atoms with Gasteiger partial charge in [0.2, 0.25) is 0 Å². The molecule has 0 unspecified atom stereocenters. The number of aliphatic hydroxyl groups excluding tert-OH is 1. The van der Waals surface area contributed by atoms with Crippen molar-refractivity contribution < 1.29 is 5.11 Å². The van der Waals surface area contributed by atoms with Crippen LogP contribution < -0.4 is 5.32 Å². The Balaban J connectivity index is 1.96. The van der Waals surface area contributed by atoms with Crippen molar-refractivity contribution in [1.82, 2.24) is 5.32 Å². The molecular weight excluding hydrogens is 126 g/mol. The Kier molecular flexibility index (Phi) is 1.66.